The van der Waals surface area contributed by atoms with Crippen LogP contribution < -0.4 is 5.32 Å². The van der Waals surface area contributed by atoms with Crippen LogP contribution in [0.1, 0.15) is 17.3 Å². The van der Waals surface area contributed by atoms with Crippen molar-refractivity contribution in [3.05, 3.63) is 78.5 Å². The summed E-state index contributed by atoms with van der Waals surface area (Å²) in [6.07, 6.45) is 5.00. The maximum atomic E-state index is 9.18. The molecule has 3 aromatic heterocycles. The first-order valence-corrected chi connectivity index (χ1v) is 8.36. The fraction of sp³-hybridized carbons (Fsp3) is 0.158. The molecule has 0 aliphatic heterocycles. The molecule has 3 heterocycles. The van der Waals surface area contributed by atoms with E-state index in [1.54, 1.807) is 17.1 Å². The third kappa shape index (κ3) is 3.12. The van der Waals surface area contributed by atoms with Crippen LogP contribution in [-0.4, -0.2) is 36.4 Å². The molecular formula is C19H18N6O. The number of anilines is 1. The van der Waals surface area contributed by atoms with E-state index < -0.39 is 0 Å². The Morgan fingerprint density at radius 3 is 2.62 bits per heavy atom. The van der Waals surface area contributed by atoms with Crippen LogP contribution in [0.15, 0.2) is 67.3 Å². The molecule has 4 aromatic rings. The van der Waals surface area contributed by atoms with Crippen LogP contribution in [0.25, 0.3) is 11.0 Å². The van der Waals surface area contributed by atoms with Gasteiger partial charge in [-0.05, 0) is 17.7 Å². The zero-order valence-electron chi connectivity index (χ0n) is 14.0. The van der Waals surface area contributed by atoms with E-state index in [-0.39, 0.29) is 12.6 Å². The topological polar surface area (TPSA) is 88.8 Å². The number of nitrogens with one attached hydrogen (secondary N) is 1. The first kappa shape index (κ1) is 16.2. The SMILES string of the molecule is OCCn1ncc2c(N[C@@H](c3ccccc3)c3ccccn3)ncnc21. The Morgan fingerprint density at radius 2 is 1.85 bits per heavy atom. The van der Waals surface area contributed by atoms with E-state index in [1.807, 2.05) is 36.4 Å². The number of aliphatic hydroxyl groups excluding tert-OH is 1. The Hall–Kier alpha value is -3.32. The Labute approximate surface area is 150 Å². The summed E-state index contributed by atoms with van der Waals surface area (Å²) in [5, 5.41) is 17.8. The van der Waals surface area contributed by atoms with Crippen molar-refractivity contribution in [2.45, 2.75) is 12.6 Å². The molecule has 0 amide bonds. The minimum Gasteiger partial charge on any atom is -0.394 e. The molecule has 0 aliphatic carbocycles. The molecule has 7 nitrogen and oxygen atoms in total. The van der Waals surface area contributed by atoms with Crippen molar-refractivity contribution < 1.29 is 5.11 Å². The number of hydrogen-bond acceptors (Lipinski definition) is 6. The summed E-state index contributed by atoms with van der Waals surface area (Å²) in [7, 11) is 0. The smallest absolute Gasteiger partial charge is 0.163 e. The van der Waals surface area contributed by atoms with Gasteiger partial charge in [-0.15, -0.1) is 0 Å². The summed E-state index contributed by atoms with van der Waals surface area (Å²) in [4.78, 5) is 13.2. The highest BCUT2D eigenvalue weighted by atomic mass is 16.3. The highest BCUT2D eigenvalue weighted by Crippen LogP contribution is 2.27. The average molecular weight is 346 g/mol. The molecule has 26 heavy (non-hydrogen) atoms. The summed E-state index contributed by atoms with van der Waals surface area (Å²) in [5.74, 6) is 0.679. The van der Waals surface area contributed by atoms with E-state index in [4.69, 9.17) is 0 Å². The van der Waals surface area contributed by atoms with E-state index in [2.05, 4.69) is 37.5 Å². The second-order valence-electron chi connectivity index (χ2n) is 5.79. The summed E-state index contributed by atoms with van der Waals surface area (Å²) >= 11 is 0. The van der Waals surface area contributed by atoms with Crippen molar-refractivity contribution in [1.29, 1.82) is 0 Å². The highest BCUT2D eigenvalue weighted by molar-refractivity contribution is 5.86. The lowest BCUT2D eigenvalue weighted by Crippen LogP contribution is -2.15. The third-order valence-electron chi connectivity index (χ3n) is 4.14. The molecule has 0 radical (unpaired) electrons. The van der Waals surface area contributed by atoms with Crippen molar-refractivity contribution in [3.63, 3.8) is 0 Å². The molecular weight excluding hydrogens is 328 g/mol. The van der Waals surface area contributed by atoms with Crippen molar-refractivity contribution in [3.8, 4) is 0 Å². The normalized spacial score (nSPS) is 12.2. The van der Waals surface area contributed by atoms with Gasteiger partial charge >= 0.3 is 0 Å². The van der Waals surface area contributed by atoms with Gasteiger partial charge in [0.15, 0.2) is 5.65 Å². The van der Waals surface area contributed by atoms with Gasteiger partial charge in [-0.1, -0.05) is 36.4 Å². The van der Waals surface area contributed by atoms with E-state index >= 15 is 0 Å². The fourth-order valence-corrected chi connectivity index (χ4v) is 2.92. The molecule has 0 bridgehead atoms. The van der Waals surface area contributed by atoms with Crippen LogP contribution in [-0.2, 0) is 6.54 Å². The van der Waals surface area contributed by atoms with E-state index in [1.165, 1.54) is 6.33 Å². The average Bonchev–Trinajstić information content (AvgIpc) is 3.12. The molecule has 0 aliphatic rings. The van der Waals surface area contributed by atoms with Gasteiger partial charge in [0.1, 0.15) is 12.1 Å². The molecule has 0 saturated heterocycles. The molecule has 4 rings (SSSR count). The lowest BCUT2D eigenvalue weighted by molar-refractivity contribution is 0.271. The van der Waals surface area contributed by atoms with Crippen LogP contribution in [0.4, 0.5) is 5.82 Å². The maximum absolute atomic E-state index is 9.18. The zero-order valence-corrected chi connectivity index (χ0v) is 14.0. The summed E-state index contributed by atoms with van der Waals surface area (Å²) < 4.78 is 1.67. The predicted octanol–water partition coefficient (Wildman–Crippen LogP) is 2.42. The minimum atomic E-state index is -0.156. The maximum Gasteiger partial charge on any atom is 0.163 e. The zero-order chi connectivity index (χ0) is 17.8. The van der Waals surface area contributed by atoms with Crippen LogP contribution in [0, 0.1) is 0 Å². The van der Waals surface area contributed by atoms with Crippen LogP contribution in [0.2, 0.25) is 0 Å². The number of aliphatic hydroxyl groups is 1. The molecule has 1 aromatic carbocycles. The number of nitrogens with zero attached hydrogens (tertiary/aromatic N) is 5. The Balaban J connectivity index is 1.76. The predicted molar refractivity (Wildman–Crippen MR) is 98.6 cm³/mol. The third-order valence-corrected chi connectivity index (χ3v) is 4.14. The van der Waals surface area contributed by atoms with Crippen molar-refractivity contribution in [1.82, 2.24) is 24.7 Å². The number of aromatic nitrogens is 5. The Morgan fingerprint density at radius 1 is 1.00 bits per heavy atom. The lowest BCUT2D eigenvalue weighted by atomic mass is 10.0. The number of fused-ring (bicyclic) bond motifs is 1. The number of pyridine rings is 1. The van der Waals surface area contributed by atoms with Gasteiger partial charge in [-0.25, -0.2) is 14.6 Å². The standard InChI is InChI=1S/C19H18N6O/c26-11-10-25-19-15(12-23-25)18(21-13-22-19)24-17(14-6-2-1-3-7-14)16-8-4-5-9-20-16/h1-9,12-13,17,26H,10-11H2,(H,21,22,24)/t17-/m0/s1. The van der Waals surface area contributed by atoms with Crippen LogP contribution >= 0.6 is 0 Å². The molecule has 0 unspecified atom stereocenters. The van der Waals surface area contributed by atoms with Gasteiger partial charge in [-0.3, -0.25) is 4.98 Å². The second-order valence-corrected chi connectivity index (χ2v) is 5.79. The molecule has 0 fully saturated rings. The first-order chi connectivity index (χ1) is 12.9. The second kappa shape index (κ2) is 7.28. The molecule has 0 saturated carbocycles. The lowest BCUT2D eigenvalue weighted by Gasteiger charge is -2.19. The highest BCUT2D eigenvalue weighted by Gasteiger charge is 2.18. The van der Waals surface area contributed by atoms with Gasteiger partial charge in [0.2, 0.25) is 0 Å². The van der Waals surface area contributed by atoms with Crippen molar-refractivity contribution >= 4 is 16.9 Å². The number of rotatable bonds is 6. The first-order valence-electron chi connectivity index (χ1n) is 8.36. The van der Waals surface area contributed by atoms with E-state index in [0.29, 0.717) is 18.0 Å². The van der Waals surface area contributed by atoms with Gasteiger partial charge < -0.3 is 10.4 Å². The quantitative estimate of drug-likeness (QED) is 0.557. The van der Waals surface area contributed by atoms with Crippen molar-refractivity contribution in [2.24, 2.45) is 0 Å². The fourth-order valence-electron chi connectivity index (χ4n) is 2.92. The Kier molecular flexibility index (Phi) is 4.53. The van der Waals surface area contributed by atoms with Gasteiger partial charge in [0.25, 0.3) is 0 Å². The van der Waals surface area contributed by atoms with Gasteiger partial charge in [0, 0.05) is 6.20 Å². The summed E-state index contributed by atoms with van der Waals surface area (Å²) in [6.45, 7) is 0.395. The Bertz CT molecular complexity index is 947. The largest absolute Gasteiger partial charge is 0.394 e. The van der Waals surface area contributed by atoms with Gasteiger partial charge in [-0.2, -0.15) is 5.10 Å². The molecule has 1 atom stereocenters. The number of benzene rings is 1. The van der Waals surface area contributed by atoms with Crippen LogP contribution in [0.5, 0.6) is 0 Å². The summed E-state index contributed by atoms with van der Waals surface area (Å²) in [5.41, 5.74) is 2.67. The minimum absolute atomic E-state index is 0.00409. The summed E-state index contributed by atoms with van der Waals surface area (Å²) in [6, 6.07) is 15.8. The van der Waals surface area contributed by atoms with E-state index in [9.17, 15) is 5.11 Å². The monoisotopic (exact) mass is 346 g/mol. The number of hydrogen-bond donors (Lipinski definition) is 2. The molecule has 7 heteroatoms. The van der Waals surface area contributed by atoms with E-state index in [0.717, 1.165) is 16.6 Å². The molecule has 130 valence electrons. The van der Waals surface area contributed by atoms with Crippen molar-refractivity contribution in [2.75, 3.05) is 11.9 Å². The molecule has 2 N–H and O–H groups in total. The van der Waals surface area contributed by atoms with Gasteiger partial charge in [0.05, 0.1) is 36.5 Å². The molecule has 0 spiro atoms. The van der Waals surface area contributed by atoms with Crippen LogP contribution in [0.3, 0.4) is 0 Å².